The van der Waals surface area contributed by atoms with E-state index in [-0.39, 0.29) is 12.5 Å². The number of para-hydroxylation sites is 1. The molecule has 3 rings (SSSR count). The number of rotatable bonds is 6. The van der Waals surface area contributed by atoms with Gasteiger partial charge in [0.15, 0.2) is 0 Å². The van der Waals surface area contributed by atoms with E-state index in [4.69, 9.17) is 0 Å². The van der Waals surface area contributed by atoms with Crippen LogP contribution in [0.4, 0.5) is 11.4 Å². The molecule has 0 spiro atoms. The van der Waals surface area contributed by atoms with Gasteiger partial charge < -0.3 is 5.32 Å². The van der Waals surface area contributed by atoms with Crippen molar-refractivity contribution in [3.05, 3.63) is 94.5 Å². The maximum absolute atomic E-state index is 12.5. The van der Waals surface area contributed by atoms with Crippen LogP contribution >= 0.6 is 0 Å². The number of carbonyl (C=O) groups is 1. The van der Waals surface area contributed by atoms with Crippen LogP contribution in [0.15, 0.2) is 66.7 Å². The van der Waals surface area contributed by atoms with Gasteiger partial charge in [-0.1, -0.05) is 48.0 Å². The number of carbonyl (C=O) groups excluding carboxylic acids is 1. The number of anilines is 2. The van der Waals surface area contributed by atoms with Gasteiger partial charge >= 0.3 is 0 Å². The lowest BCUT2D eigenvalue weighted by Gasteiger charge is -2.26. The molecule has 0 saturated carbocycles. The molecule has 0 aromatic heterocycles. The van der Waals surface area contributed by atoms with Gasteiger partial charge in [-0.05, 0) is 61.7 Å². The molecule has 3 aromatic rings. The van der Waals surface area contributed by atoms with Crippen LogP contribution < -0.4 is 9.62 Å². The molecule has 6 heteroatoms. The van der Waals surface area contributed by atoms with Crippen LogP contribution in [-0.4, -0.2) is 20.6 Å². The third-order valence-electron chi connectivity index (χ3n) is 4.94. The van der Waals surface area contributed by atoms with Gasteiger partial charge in [0.1, 0.15) is 0 Å². The van der Waals surface area contributed by atoms with Crippen LogP contribution in [0.5, 0.6) is 0 Å². The highest BCUT2D eigenvalue weighted by Crippen LogP contribution is 2.28. The SMILES string of the molecule is Cc1ccc(NC(=O)c2ccc(CN(c3c(C)cccc3C)S(C)(=O)=O)cc2)cc1. The van der Waals surface area contributed by atoms with Gasteiger partial charge in [-0.3, -0.25) is 9.10 Å². The zero-order chi connectivity index (χ0) is 21.9. The lowest BCUT2D eigenvalue weighted by atomic mass is 10.1. The molecule has 5 nitrogen and oxygen atoms in total. The van der Waals surface area contributed by atoms with E-state index in [9.17, 15) is 13.2 Å². The minimum atomic E-state index is -3.48. The van der Waals surface area contributed by atoms with E-state index in [0.717, 1.165) is 27.9 Å². The fourth-order valence-corrected chi connectivity index (χ4v) is 4.33. The van der Waals surface area contributed by atoms with Gasteiger partial charge in [0.05, 0.1) is 18.5 Å². The fourth-order valence-electron chi connectivity index (χ4n) is 3.33. The molecule has 156 valence electrons. The molecule has 30 heavy (non-hydrogen) atoms. The number of sulfonamides is 1. The van der Waals surface area contributed by atoms with Crippen molar-refractivity contribution in [3.63, 3.8) is 0 Å². The topological polar surface area (TPSA) is 66.5 Å². The normalized spacial score (nSPS) is 11.2. The number of nitrogens with one attached hydrogen (secondary N) is 1. The summed E-state index contributed by atoms with van der Waals surface area (Å²) in [7, 11) is -3.48. The number of aryl methyl sites for hydroxylation is 3. The first-order valence-corrected chi connectivity index (χ1v) is 11.5. The number of hydrogen-bond acceptors (Lipinski definition) is 3. The van der Waals surface area contributed by atoms with Crippen molar-refractivity contribution in [2.45, 2.75) is 27.3 Å². The molecule has 0 aliphatic carbocycles. The molecule has 1 amide bonds. The van der Waals surface area contributed by atoms with Crippen molar-refractivity contribution in [2.24, 2.45) is 0 Å². The van der Waals surface area contributed by atoms with E-state index in [1.54, 1.807) is 24.3 Å². The van der Waals surface area contributed by atoms with Crippen molar-refractivity contribution in [1.82, 2.24) is 0 Å². The zero-order valence-corrected chi connectivity index (χ0v) is 18.5. The molecule has 0 fully saturated rings. The summed E-state index contributed by atoms with van der Waals surface area (Å²) in [4.78, 5) is 12.5. The number of hydrogen-bond donors (Lipinski definition) is 1. The maximum Gasteiger partial charge on any atom is 0.255 e. The van der Waals surface area contributed by atoms with Crippen LogP contribution in [0.25, 0.3) is 0 Å². The maximum atomic E-state index is 12.5. The molecule has 1 N–H and O–H groups in total. The molecule has 0 radical (unpaired) electrons. The zero-order valence-electron chi connectivity index (χ0n) is 17.6. The standard InChI is InChI=1S/C24H26N2O3S/c1-17-8-14-22(15-9-17)25-24(27)21-12-10-20(11-13-21)16-26(30(4,28)29)23-18(2)6-5-7-19(23)3/h5-15H,16H2,1-4H3,(H,25,27). The summed E-state index contributed by atoms with van der Waals surface area (Å²) in [6.45, 7) is 5.99. The molecule has 0 aliphatic rings. The largest absolute Gasteiger partial charge is 0.322 e. The van der Waals surface area contributed by atoms with E-state index in [0.29, 0.717) is 11.3 Å². The van der Waals surface area contributed by atoms with Gasteiger partial charge in [-0.2, -0.15) is 0 Å². The summed E-state index contributed by atoms with van der Waals surface area (Å²) in [6, 6.07) is 20.3. The molecule has 0 atom stereocenters. The average Bonchev–Trinajstić information content (AvgIpc) is 2.68. The van der Waals surface area contributed by atoms with Crippen molar-refractivity contribution in [3.8, 4) is 0 Å². The number of amides is 1. The summed E-state index contributed by atoms with van der Waals surface area (Å²) < 4.78 is 26.4. The van der Waals surface area contributed by atoms with Crippen LogP contribution in [-0.2, 0) is 16.6 Å². The second-order valence-electron chi connectivity index (χ2n) is 7.53. The molecular weight excluding hydrogens is 396 g/mol. The van der Waals surface area contributed by atoms with Crippen molar-refractivity contribution >= 4 is 27.3 Å². The van der Waals surface area contributed by atoms with Crippen LogP contribution in [0.2, 0.25) is 0 Å². The van der Waals surface area contributed by atoms with Gasteiger partial charge in [-0.25, -0.2) is 8.42 Å². The molecule has 3 aromatic carbocycles. The molecule has 0 unspecified atom stereocenters. The Morgan fingerprint density at radius 3 is 1.97 bits per heavy atom. The predicted octanol–water partition coefficient (Wildman–Crippen LogP) is 4.83. The Kier molecular flexibility index (Phi) is 6.27. The van der Waals surface area contributed by atoms with E-state index in [2.05, 4.69) is 5.32 Å². The summed E-state index contributed by atoms with van der Waals surface area (Å²) in [5.41, 5.74) is 5.65. The smallest absolute Gasteiger partial charge is 0.255 e. The van der Waals surface area contributed by atoms with Gasteiger partial charge in [0, 0.05) is 11.3 Å². The highest BCUT2D eigenvalue weighted by Gasteiger charge is 2.21. The van der Waals surface area contributed by atoms with Crippen molar-refractivity contribution < 1.29 is 13.2 Å². The number of nitrogens with zero attached hydrogens (tertiary/aromatic N) is 1. The molecule has 0 bridgehead atoms. The van der Waals surface area contributed by atoms with Gasteiger partial charge in [0.25, 0.3) is 5.91 Å². The van der Waals surface area contributed by atoms with E-state index in [1.807, 2.05) is 63.2 Å². The third kappa shape index (κ3) is 5.07. The lowest BCUT2D eigenvalue weighted by molar-refractivity contribution is 0.102. The first-order valence-electron chi connectivity index (χ1n) is 9.66. The first-order chi connectivity index (χ1) is 14.1. The molecule has 0 saturated heterocycles. The third-order valence-corrected chi connectivity index (χ3v) is 6.05. The first kappa shape index (κ1) is 21.6. The van der Waals surface area contributed by atoms with Crippen LogP contribution in [0.3, 0.4) is 0 Å². The Bertz CT molecular complexity index is 1130. The van der Waals surface area contributed by atoms with E-state index in [1.165, 1.54) is 10.6 Å². The molecule has 0 heterocycles. The van der Waals surface area contributed by atoms with Crippen LogP contribution in [0, 0.1) is 20.8 Å². The second-order valence-corrected chi connectivity index (χ2v) is 9.43. The lowest BCUT2D eigenvalue weighted by Crippen LogP contribution is -2.30. The molecular formula is C24H26N2O3S. The quantitative estimate of drug-likeness (QED) is 0.619. The number of benzene rings is 3. The van der Waals surface area contributed by atoms with E-state index >= 15 is 0 Å². The minimum Gasteiger partial charge on any atom is -0.322 e. The monoisotopic (exact) mass is 422 g/mol. The average molecular weight is 423 g/mol. The Balaban J connectivity index is 1.80. The van der Waals surface area contributed by atoms with Crippen LogP contribution in [0.1, 0.15) is 32.6 Å². The van der Waals surface area contributed by atoms with Crippen molar-refractivity contribution in [1.29, 1.82) is 0 Å². The van der Waals surface area contributed by atoms with Gasteiger partial charge in [-0.15, -0.1) is 0 Å². The Morgan fingerprint density at radius 1 is 0.867 bits per heavy atom. The Hall–Kier alpha value is -3.12. The second kappa shape index (κ2) is 8.71. The summed E-state index contributed by atoms with van der Waals surface area (Å²) >= 11 is 0. The van der Waals surface area contributed by atoms with E-state index < -0.39 is 10.0 Å². The summed E-state index contributed by atoms with van der Waals surface area (Å²) in [5, 5.41) is 2.87. The van der Waals surface area contributed by atoms with Gasteiger partial charge in [0.2, 0.25) is 10.0 Å². The van der Waals surface area contributed by atoms with Crippen molar-refractivity contribution in [2.75, 3.05) is 15.9 Å². The Labute approximate surface area is 178 Å². The summed E-state index contributed by atoms with van der Waals surface area (Å²) in [5.74, 6) is -0.208. The molecule has 0 aliphatic heterocycles. The Morgan fingerprint density at radius 2 is 1.43 bits per heavy atom. The summed E-state index contributed by atoms with van der Waals surface area (Å²) in [6.07, 6.45) is 1.21. The fraction of sp³-hybridized carbons (Fsp3) is 0.208. The highest BCUT2D eigenvalue weighted by atomic mass is 32.2. The predicted molar refractivity (Wildman–Crippen MR) is 123 cm³/mol. The minimum absolute atomic E-state index is 0.199. The highest BCUT2D eigenvalue weighted by molar-refractivity contribution is 7.92.